The molecule has 0 bridgehead atoms. The van der Waals surface area contributed by atoms with Gasteiger partial charge in [-0.2, -0.15) is 0 Å². The third-order valence-corrected chi connectivity index (χ3v) is 5.55. The van der Waals surface area contributed by atoms with Gasteiger partial charge in [0.05, 0.1) is 17.4 Å². The van der Waals surface area contributed by atoms with Crippen LogP contribution < -0.4 is 15.6 Å². The van der Waals surface area contributed by atoms with E-state index in [2.05, 4.69) is 5.32 Å². The number of para-hydroxylation sites is 1. The maximum atomic E-state index is 13.0. The standard InChI is InChI=1S/C24H30N4O3/c1-17-10-9-13-21(16-17)31-15-14-26(4)19(3)23(29)25-22-18(2)27(5)28(24(22)30)20-11-7-6-8-12-20/h6-13,16,19H,14-15H2,1-5H3,(H,25,29). The van der Waals surface area contributed by atoms with Gasteiger partial charge < -0.3 is 10.1 Å². The number of aryl methyl sites for hydroxylation is 1. The Morgan fingerprint density at radius 3 is 2.52 bits per heavy atom. The van der Waals surface area contributed by atoms with Gasteiger partial charge in [-0.05, 0) is 57.6 Å². The molecule has 0 aliphatic rings. The summed E-state index contributed by atoms with van der Waals surface area (Å²) in [6.45, 7) is 6.69. The van der Waals surface area contributed by atoms with Crippen LogP contribution in [0.3, 0.4) is 0 Å². The minimum Gasteiger partial charge on any atom is -0.492 e. The number of aromatic nitrogens is 2. The fourth-order valence-corrected chi connectivity index (χ4v) is 3.35. The molecule has 1 aromatic heterocycles. The fraction of sp³-hybridized carbons (Fsp3) is 0.333. The highest BCUT2D eigenvalue weighted by Crippen LogP contribution is 2.15. The maximum Gasteiger partial charge on any atom is 0.295 e. The number of benzene rings is 2. The average Bonchev–Trinajstić information content (AvgIpc) is 2.96. The van der Waals surface area contributed by atoms with Crippen molar-refractivity contribution in [3.63, 3.8) is 0 Å². The van der Waals surface area contributed by atoms with Gasteiger partial charge in [0.15, 0.2) is 0 Å². The van der Waals surface area contributed by atoms with Crippen LogP contribution in [-0.4, -0.2) is 46.4 Å². The van der Waals surface area contributed by atoms with Gasteiger partial charge in [-0.1, -0.05) is 30.3 Å². The number of rotatable bonds is 8. The largest absolute Gasteiger partial charge is 0.492 e. The summed E-state index contributed by atoms with van der Waals surface area (Å²) in [5.41, 5.74) is 2.62. The molecule has 0 spiro atoms. The Morgan fingerprint density at radius 2 is 1.84 bits per heavy atom. The first-order valence-electron chi connectivity index (χ1n) is 10.3. The van der Waals surface area contributed by atoms with E-state index >= 15 is 0 Å². The highest BCUT2D eigenvalue weighted by Gasteiger charge is 2.23. The molecule has 164 valence electrons. The van der Waals surface area contributed by atoms with Crippen molar-refractivity contribution in [2.45, 2.75) is 26.8 Å². The van der Waals surface area contributed by atoms with E-state index in [4.69, 9.17) is 4.74 Å². The van der Waals surface area contributed by atoms with Crippen molar-refractivity contribution in [2.75, 3.05) is 25.5 Å². The fourth-order valence-electron chi connectivity index (χ4n) is 3.35. The SMILES string of the molecule is Cc1cccc(OCCN(C)C(C)C(=O)Nc2c(C)n(C)n(-c3ccccc3)c2=O)c1. The Labute approximate surface area is 182 Å². The maximum absolute atomic E-state index is 13.0. The van der Waals surface area contributed by atoms with Crippen LogP contribution in [0.4, 0.5) is 5.69 Å². The monoisotopic (exact) mass is 422 g/mol. The first kappa shape index (κ1) is 22.4. The van der Waals surface area contributed by atoms with E-state index in [0.717, 1.165) is 17.0 Å². The van der Waals surface area contributed by atoms with Gasteiger partial charge in [-0.3, -0.25) is 19.2 Å². The minimum absolute atomic E-state index is 0.232. The second-order valence-electron chi connectivity index (χ2n) is 7.75. The van der Waals surface area contributed by atoms with E-state index in [1.54, 1.807) is 16.4 Å². The van der Waals surface area contributed by atoms with Crippen molar-refractivity contribution >= 4 is 11.6 Å². The van der Waals surface area contributed by atoms with Crippen molar-refractivity contribution in [1.29, 1.82) is 0 Å². The highest BCUT2D eigenvalue weighted by atomic mass is 16.5. The van der Waals surface area contributed by atoms with Crippen molar-refractivity contribution in [3.8, 4) is 11.4 Å². The molecule has 1 unspecified atom stereocenters. The smallest absolute Gasteiger partial charge is 0.295 e. The van der Waals surface area contributed by atoms with Gasteiger partial charge in [-0.25, -0.2) is 4.68 Å². The predicted molar refractivity (Wildman–Crippen MR) is 123 cm³/mol. The number of nitrogens with one attached hydrogen (secondary N) is 1. The molecular formula is C24H30N4O3. The summed E-state index contributed by atoms with van der Waals surface area (Å²) in [5, 5.41) is 2.83. The molecule has 1 N–H and O–H groups in total. The van der Waals surface area contributed by atoms with Gasteiger partial charge >= 0.3 is 0 Å². The van der Waals surface area contributed by atoms with Gasteiger partial charge in [0, 0.05) is 13.6 Å². The van der Waals surface area contributed by atoms with E-state index in [1.165, 1.54) is 0 Å². The van der Waals surface area contributed by atoms with E-state index in [9.17, 15) is 9.59 Å². The number of hydrogen-bond donors (Lipinski definition) is 1. The molecule has 0 aliphatic carbocycles. The zero-order valence-corrected chi connectivity index (χ0v) is 18.8. The number of carbonyl (C=O) groups is 1. The normalized spacial score (nSPS) is 12.1. The third-order valence-electron chi connectivity index (χ3n) is 5.55. The van der Waals surface area contributed by atoms with Crippen molar-refractivity contribution in [2.24, 2.45) is 7.05 Å². The first-order chi connectivity index (χ1) is 14.8. The lowest BCUT2D eigenvalue weighted by Crippen LogP contribution is -2.42. The summed E-state index contributed by atoms with van der Waals surface area (Å²) in [6.07, 6.45) is 0. The molecule has 7 nitrogen and oxygen atoms in total. The highest BCUT2D eigenvalue weighted by molar-refractivity contribution is 5.94. The van der Waals surface area contributed by atoms with E-state index in [0.29, 0.717) is 24.5 Å². The van der Waals surface area contributed by atoms with Crippen LogP contribution in [0.15, 0.2) is 59.4 Å². The van der Waals surface area contributed by atoms with Crippen molar-refractivity contribution in [1.82, 2.24) is 14.3 Å². The molecule has 0 saturated carbocycles. The number of carbonyl (C=O) groups excluding carboxylic acids is 1. The molecule has 0 fully saturated rings. The van der Waals surface area contributed by atoms with Crippen molar-refractivity contribution in [3.05, 3.63) is 76.2 Å². The molecule has 0 saturated heterocycles. The van der Waals surface area contributed by atoms with Gasteiger partial charge in [0.2, 0.25) is 5.91 Å². The van der Waals surface area contributed by atoms with Gasteiger partial charge in [0.1, 0.15) is 18.0 Å². The molecule has 0 radical (unpaired) electrons. The average molecular weight is 423 g/mol. The summed E-state index contributed by atoms with van der Waals surface area (Å²) in [7, 11) is 3.67. The quantitative estimate of drug-likeness (QED) is 0.606. The zero-order chi connectivity index (χ0) is 22.5. The minimum atomic E-state index is -0.426. The summed E-state index contributed by atoms with van der Waals surface area (Å²) in [6, 6.07) is 16.8. The Kier molecular flexibility index (Phi) is 6.97. The van der Waals surface area contributed by atoms with Crippen LogP contribution in [0.1, 0.15) is 18.2 Å². The number of anilines is 1. The van der Waals surface area contributed by atoms with Crippen LogP contribution >= 0.6 is 0 Å². The van der Waals surface area contributed by atoms with Gasteiger partial charge in [0.25, 0.3) is 5.56 Å². The molecule has 7 heteroatoms. The topological polar surface area (TPSA) is 68.5 Å². The summed E-state index contributed by atoms with van der Waals surface area (Å²) in [4.78, 5) is 27.7. The predicted octanol–water partition coefficient (Wildman–Crippen LogP) is 3.13. The van der Waals surface area contributed by atoms with E-state index < -0.39 is 6.04 Å². The molecule has 1 amide bonds. The first-order valence-corrected chi connectivity index (χ1v) is 10.3. The molecule has 2 aromatic carbocycles. The molecule has 3 rings (SSSR count). The summed E-state index contributed by atoms with van der Waals surface area (Å²) in [5.74, 6) is 0.580. The van der Waals surface area contributed by atoms with Crippen LogP contribution in [0.5, 0.6) is 5.75 Å². The molecule has 0 aliphatic heterocycles. The number of likely N-dealkylation sites (N-methyl/N-ethyl adjacent to an activating group) is 1. The van der Waals surface area contributed by atoms with Crippen LogP contribution in [0, 0.1) is 13.8 Å². The third kappa shape index (κ3) is 5.06. The number of amides is 1. The number of hydrogen-bond acceptors (Lipinski definition) is 4. The van der Waals surface area contributed by atoms with Crippen LogP contribution in [-0.2, 0) is 11.8 Å². The second kappa shape index (κ2) is 9.66. The molecular weight excluding hydrogens is 392 g/mol. The van der Waals surface area contributed by atoms with Crippen LogP contribution in [0.2, 0.25) is 0 Å². The van der Waals surface area contributed by atoms with Crippen LogP contribution in [0.25, 0.3) is 5.69 Å². The van der Waals surface area contributed by atoms with Crippen molar-refractivity contribution < 1.29 is 9.53 Å². The van der Waals surface area contributed by atoms with Gasteiger partial charge in [-0.15, -0.1) is 0 Å². The van der Waals surface area contributed by atoms with E-state index in [1.807, 2.05) is 87.3 Å². The number of ether oxygens (including phenoxy) is 1. The lowest BCUT2D eigenvalue weighted by molar-refractivity contribution is -0.120. The second-order valence-corrected chi connectivity index (χ2v) is 7.75. The summed E-state index contributed by atoms with van der Waals surface area (Å²) < 4.78 is 9.08. The molecule has 1 atom stereocenters. The molecule has 3 aromatic rings. The lowest BCUT2D eigenvalue weighted by Gasteiger charge is -2.23. The Bertz CT molecular complexity index is 1100. The Hall–Kier alpha value is -3.32. The Morgan fingerprint density at radius 1 is 1.13 bits per heavy atom. The Balaban J connectivity index is 1.65. The van der Waals surface area contributed by atoms with E-state index in [-0.39, 0.29) is 11.5 Å². The summed E-state index contributed by atoms with van der Waals surface area (Å²) >= 11 is 0. The zero-order valence-electron chi connectivity index (χ0n) is 18.8. The molecule has 31 heavy (non-hydrogen) atoms. The lowest BCUT2D eigenvalue weighted by atomic mass is 10.2. The number of nitrogens with zero attached hydrogens (tertiary/aromatic N) is 3. The molecule has 1 heterocycles.